The van der Waals surface area contributed by atoms with E-state index in [4.69, 9.17) is 4.74 Å². The Morgan fingerprint density at radius 3 is 2.50 bits per heavy atom. The number of carbonyl (C=O) groups is 1. The van der Waals surface area contributed by atoms with Crippen molar-refractivity contribution in [2.45, 2.75) is 38.5 Å². The third-order valence-corrected chi connectivity index (χ3v) is 2.35. The molecule has 0 bridgehead atoms. The number of nitrogens with zero attached hydrogens (tertiary/aromatic N) is 1. The molecule has 0 aromatic carbocycles. The van der Waals surface area contributed by atoms with Gasteiger partial charge in [-0.15, -0.1) is 0 Å². The SMILES string of the molecule is CN1CC(F)(CCNC(=O)OC(C)(C)C)C1. The van der Waals surface area contributed by atoms with Gasteiger partial charge in [-0.05, 0) is 27.8 Å². The monoisotopic (exact) mass is 232 g/mol. The molecule has 4 nitrogen and oxygen atoms in total. The number of halogens is 1. The van der Waals surface area contributed by atoms with Crippen LogP contribution < -0.4 is 5.32 Å². The summed E-state index contributed by atoms with van der Waals surface area (Å²) in [7, 11) is 1.87. The first kappa shape index (κ1) is 13.2. The molecule has 0 aromatic rings. The molecule has 1 fully saturated rings. The molecular weight excluding hydrogens is 211 g/mol. The van der Waals surface area contributed by atoms with Gasteiger partial charge in [0.05, 0.1) is 0 Å². The highest BCUT2D eigenvalue weighted by Crippen LogP contribution is 2.26. The second-order valence-corrected chi connectivity index (χ2v) is 5.50. The molecule has 1 heterocycles. The molecule has 0 unspecified atom stereocenters. The van der Waals surface area contributed by atoms with Gasteiger partial charge >= 0.3 is 6.09 Å². The Morgan fingerprint density at radius 2 is 2.06 bits per heavy atom. The van der Waals surface area contributed by atoms with Gasteiger partial charge in [-0.2, -0.15) is 0 Å². The number of ether oxygens (including phenoxy) is 1. The van der Waals surface area contributed by atoms with Gasteiger partial charge in [-0.1, -0.05) is 0 Å². The number of amides is 1. The van der Waals surface area contributed by atoms with Crippen molar-refractivity contribution in [3.63, 3.8) is 0 Å². The topological polar surface area (TPSA) is 41.6 Å². The minimum atomic E-state index is -1.14. The summed E-state index contributed by atoms with van der Waals surface area (Å²) in [5, 5.41) is 2.56. The molecule has 0 atom stereocenters. The number of carbonyl (C=O) groups excluding carboxylic acids is 1. The zero-order valence-electron chi connectivity index (χ0n) is 10.5. The van der Waals surface area contributed by atoms with E-state index in [-0.39, 0.29) is 0 Å². The molecule has 94 valence electrons. The molecule has 0 spiro atoms. The Bertz CT molecular complexity index is 257. The van der Waals surface area contributed by atoms with E-state index in [0.717, 1.165) is 0 Å². The highest BCUT2D eigenvalue weighted by Gasteiger charge is 2.40. The Balaban J connectivity index is 2.14. The molecule has 1 amide bonds. The van der Waals surface area contributed by atoms with Crippen molar-refractivity contribution in [3.05, 3.63) is 0 Å². The van der Waals surface area contributed by atoms with Crippen LogP contribution in [-0.4, -0.2) is 48.9 Å². The summed E-state index contributed by atoms with van der Waals surface area (Å²) in [6.45, 7) is 6.60. The normalized spacial score (nSPS) is 20.1. The molecule has 1 aliphatic rings. The van der Waals surface area contributed by atoms with E-state index in [1.807, 2.05) is 11.9 Å². The fourth-order valence-corrected chi connectivity index (χ4v) is 1.78. The smallest absolute Gasteiger partial charge is 0.407 e. The summed E-state index contributed by atoms with van der Waals surface area (Å²) in [5.74, 6) is 0. The molecule has 0 aliphatic carbocycles. The molecule has 0 radical (unpaired) electrons. The van der Waals surface area contributed by atoms with Gasteiger partial charge in [-0.25, -0.2) is 9.18 Å². The lowest BCUT2D eigenvalue weighted by molar-refractivity contribution is -0.0214. The third-order valence-electron chi connectivity index (χ3n) is 2.35. The standard InChI is InChI=1S/C11H21FN2O2/c1-10(2,3)16-9(15)13-6-5-11(12)7-14(4)8-11/h5-8H2,1-4H3,(H,13,15). The van der Waals surface area contributed by atoms with Crippen molar-refractivity contribution >= 4 is 6.09 Å². The summed E-state index contributed by atoms with van der Waals surface area (Å²) >= 11 is 0. The van der Waals surface area contributed by atoms with E-state index in [2.05, 4.69) is 5.32 Å². The summed E-state index contributed by atoms with van der Waals surface area (Å²) in [6.07, 6.45) is -0.139. The predicted octanol–water partition coefficient (Wildman–Crippen LogP) is 1.55. The number of alkyl carbamates (subject to hydrolysis) is 1. The molecule has 1 N–H and O–H groups in total. The van der Waals surface area contributed by atoms with Crippen LogP contribution in [-0.2, 0) is 4.74 Å². The second kappa shape index (κ2) is 4.57. The van der Waals surface area contributed by atoms with Crippen molar-refractivity contribution in [2.24, 2.45) is 0 Å². The Labute approximate surface area is 96.1 Å². The van der Waals surface area contributed by atoms with Crippen molar-refractivity contribution in [3.8, 4) is 0 Å². The van der Waals surface area contributed by atoms with Crippen LogP contribution in [0.15, 0.2) is 0 Å². The summed E-state index contributed by atoms with van der Waals surface area (Å²) < 4.78 is 18.8. The number of alkyl halides is 1. The Kier molecular flexibility index (Phi) is 3.78. The van der Waals surface area contributed by atoms with E-state index in [0.29, 0.717) is 26.1 Å². The minimum Gasteiger partial charge on any atom is -0.444 e. The zero-order chi connectivity index (χ0) is 12.4. The molecule has 5 heteroatoms. The van der Waals surface area contributed by atoms with Crippen LogP contribution in [0, 0.1) is 0 Å². The first-order valence-corrected chi connectivity index (χ1v) is 5.55. The molecule has 1 aliphatic heterocycles. The largest absolute Gasteiger partial charge is 0.444 e. The van der Waals surface area contributed by atoms with Crippen LogP contribution in [0.3, 0.4) is 0 Å². The van der Waals surface area contributed by atoms with Gasteiger partial charge in [0.15, 0.2) is 0 Å². The first-order chi connectivity index (χ1) is 7.20. The molecular formula is C11H21FN2O2. The van der Waals surface area contributed by atoms with Gasteiger partial charge < -0.3 is 10.1 Å². The summed E-state index contributed by atoms with van der Waals surface area (Å²) in [5.41, 5.74) is -1.64. The lowest BCUT2D eigenvalue weighted by Gasteiger charge is -2.42. The lowest BCUT2D eigenvalue weighted by atomic mass is 9.93. The van der Waals surface area contributed by atoms with Crippen LogP contribution in [0.4, 0.5) is 9.18 Å². The molecule has 1 saturated heterocycles. The van der Waals surface area contributed by atoms with Crippen LogP contribution in [0.1, 0.15) is 27.2 Å². The van der Waals surface area contributed by atoms with E-state index in [1.54, 1.807) is 20.8 Å². The summed E-state index contributed by atoms with van der Waals surface area (Å²) in [4.78, 5) is 13.2. The van der Waals surface area contributed by atoms with Crippen molar-refractivity contribution in [2.75, 3.05) is 26.7 Å². The van der Waals surface area contributed by atoms with Crippen molar-refractivity contribution < 1.29 is 13.9 Å². The fourth-order valence-electron chi connectivity index (χ4n) is 1.78. The maximum absolute atomic E-state index is 13.7. The van der Waals surface area contributed by atoms with Gasteiger partial charge in [0, 0.05) is 26.1 Å². The Morgan fingerprint density at radius 1 is 1.50 bits per heavy atom. The lowest BCUT2D eigenvalue weighted by Crippen LogP contribution is -2.58. The van der Waals surface area contributed by atoms with E-state index in [1.165, 1.54) is 0 Å². The van der Waals surface area contributed by atoms with Gasteiger partial charge in [0.1, 0.15) is 11.3 Å². The third kappa shape index (κ3) is 4.35. The van der Waals surface area contributed by atoms with Crippen LogP contribution in [0.25, 0.3) is 0 Å². The van der Waals surface area contributed by atoms with Crippen LogP contribution in [0.2, 0.25) is 0 Å². The quantitative estimate of drug-likeness (QED) is 0.802. The molecule has 1 rings (SSSR count). The van der Waals surface area contributed by atoms with Crippen LogP contribution >= 0.6 is 0 Å². The molecule has 16 heavy (non-hydrogen) atoms. The first-order valence-electron chi connectivity index (χ1n) is 5.55. The molecule has 0 saturated carbocycles. The fraction of sp³-hybridized carbons (Fsp3) is 0.909. The van der Waals surface area contributed by atoms with E-state index in [9.17, 15) is 9.18 Å². The number of hydrogen-bond donors (Lipinski definition) is 1. The maximum Gasteiger partial charge on any atom is 0.407 e. The maximum atomic E-state index is 13.7. The predicted molar refractivity (Wildman–Crippen MR) is 60.2 cm³/mol. The highest BCUT2D eigenvalue weighted by molar-refractivity contribution is 5.67. The number of likely N-dealkylation sites (tertiary alicyclic amines) is 1. The number of hydrogen-bond acceptors (Lipinski definition) is 3. The highest BCUT2D eigenvalue weighted by atomic mass is 19.1. The van der Waals surface area contributed by atoms with Crippen molar-refractivity contribution in [1.29, 1.82) is 0 Å². The second-order valence-electron chi connectivity index (χ2n) is 5.50. The van der Waals surface area contributed by atoms with Gasteiger partial charge in [-0.3, -0.25) is 4.90 Å². The van der Waals surface area contributed by atoms with E-state index >= 15 is 0 Å². The number of rotatable bonds is 3. The molecule has 0 aromatic heterocycles. The Hall–Kier alpha value is -0.840. The van der Waals surface area contributed by atoms with Gasteiger partial charge in [0.25, 0.3) is 0 Å². The van der Waals surface area contributed by atoms with E-state index < -0.39 is 17.4 Å². The zero-order valence-corrected chi connectivity index (χ0v) is 10.5. The minimum absolute atomic E-state index is 0.319. The average Bonchev–Trinajstić information content (AvgIpc) is 1.97. The van der Waals surface area contributed by atoms with Crippen molar-refractivity contribution in [1.82, 2.24) is 10.2 Å². The average molecular weight is 232 g/mol. The van der Waals surface area contributed by atoms with Crippen LogP contribution in [0.5, 0.6) is 0 Å². The summed E-state index contributed by atoms with van der Waals surface area (Å²) in [6, 6.07) is 0. The van der Waals surface area contributed by atoms with Gasteiger partial charge in [0.2, 0.25) is 0 Å². The number of nitrogens with one attached hydrogen (secondary N) is 1.